The number of nitrogens with two attached hydrogens (primary N) is 1. The van der Waals surface area contributed by atoms with Gasteiger partial charge < -0.3 is 15.2 Å². The first kappa shape index (κ1) is 15.0. The third-order valence-corrected chi connectivity index (χ3v) is 6.02. The molecule has 0 aromatic heterocycles. The Morgan fingerprint density at radius 1 is 1.29 bits per heavy atom. The maximum Gasteiger partial charge on any atom is 0.134 e. The number of anilines is 1. The zero-order chi connectivity index (χ0) is 14.7. The minimum Gasteiger partial charge on any atom is -0.496 e. The summed E-state index contributed by atoms with van der Waals surface area (Å²) in [5.41, 5.74) is 6.76. The lowest BCUT2D eigenvalue weighted by atomic mass is 9.80. The number of benzene rings is 1. The highest BCUT2D eigenvalue weighted by atomic mass is 32.2. The van der Waals surface area contributed by atoms with Crippen molar-refractivity contribution >= 4 is 17.4 Å². The van der Waals surface area contributed by atoms with E-state index in [4.69, 9.17) is 15.2 Å². The molecule has 0 radical (unpaired) electrons. The van der Waals surface area contributed by atoms with Gasteiger partial charge in [0.15, 0.2) is 0 Å². The van der Waals surface area contributed by atoms with Gasteiger partial charge in [-0.25, -0.2) is 0 Å². The van der Waals surface area contributed by atoms with E-state index in [0.717, 1.165) is 24.5 Å². The molecule has 2 N–H and O–H groups in total. The Morgan fingerprint density at radius 2 is 2.10 bits per heavy atom. The number of ether oxygens (including phenoxy) is 2. The fourth-order valence-corrected chi connectivity index (χ4v) is 4.95. The Kier molecular flexibility index (Phi) is 4.65. The summed E-state index contributed by atoms with van der Waals surface area (Å²) < 4.78 is 11.7. The van der Waals surface area contributed by atoms with Crippen molar-refractivity contribution in [3.8, 4) is 5.75 Å². The smallest absolute Gasteiger partial charge is 0.134 e. The van der Waals surface area contributed by atoms with Crippen molar-refractivity contribution in [3.63, 3.8) is 0 Å². The molecule has 2 aliphatic rings. The second-order valence-electron chi connectivity index (χ2n) is 6.24. The Balaban J connectivity index is 1.70. The van der Waals surface area contributed by atoms with Gasteiger partial charge in [0.2, 0.25) is 0 Å². The van der Waals surface area contributed by atoms with Crippen LogP contribution in [0.3, 0.4) is 0 Å². The molecule has 116 valence electrons. The first-order valence-corrected chi connectivity index (χ1v) is 8.83. The highest BCUT2D eigenvalue weighted by Crippen LogP contribution is 2.45. The summed E-state index contributed by atoms with van der Waals surface area (Å²) >= 11 is 1.93. The Labute approximate surface area is 131 Å². The van der Waals surface area contributed by atoms with Crippen LogP contribution in [0, 0.1) is 0 Å². The van der Waals surface area contributed by atoms with Crippen LogP contribution in [0.2, 0.25) is 0 Å². The molecule has 1 aromatic rings. The maximum atomic E-state index is 6.19. The molecule has 1 spiro atoms. The van der Waals surface area contributed by atoms with E-state index in [0.29, 0.717) is 5.25 Å². The van der Waals surface area contributed by atoms with Crippen LogP contribution in [0.25, 0.3) is 0 Å². The van der Waals surface area contributed by atoms with Crippen molar-refractivity contribution in [2.45, 2.75) is 60.7 Å². The van der Waals surface area contributed by atoms with Gasteiger partial charge in [-0.05, 0) is 37.8 Å². The molecular formula is C17H25NO2S. The third kappa shape index (κ3) is 3.49. The van der Waals surface area contributed by atoms with Gasteiger partial charge in [-0.1, -0.05) is 19.3 Å². The molecule has 1 atom stereocenters. The van der Waals surface area contributed by atoms with Gasteiger partial charge in [0.1, 0.15) is 5.75 Å². The van der Waals surface area contributed by atoms with Crippen molar-refractivity contribution in [2.75, 3.05) is 19.5 Å². The normalized spacial score (nSPS) is 24.9. The molecule has 0 amide bonds. The fourth-order valence-electron chi connectivity index (χ4n) is 3.59. The zero-order valence-electron chi connectivity index (χ0n) is 12.8. The van der Waals surface area contributed by atoms with E-state index in [1.807, 2.05) is 23.9 Å². The molecule has 1 aromatic carbocycles. The summed E-state index contributed by atoms with van der Waals surface area (Å²) in [5.74, 6) is 0.893. The topological polar surface area (TPSA) is 44.5 Å². The summed E-state index contributed by atoms with van der Waals surface area (Å²) in [4.78, 5) is 1.20. The molecule has 1 saturated carbocycles. The Bertz CT molecular complexity index is 480. The molecule has 3 nitrogen and oxygen atoms in total. The quantitative estimate of drug-likeness (QED) is 0.848. The number of hydrogen-bond acceptors (Lipinski definition) is 4. The fraction of sp³-hybridized carbons (Fsp3) is 0.647. The van der Waals surface area contributed by atoms with Crippen LogP contribution in [-0.4, -0.2) is 24.6 Å². The van der Waals surface area contributed by atoms with Crippen molar-refractivity contribution in [3.05, 3.63) is 18.2 Å². The second-order valence-corrected chi connectivity index (χ2v) is 7.58. The van der Waals surface area contributed by atoms with Crippen molar-refractivity contribution in [1.82, 2.24) is 0 Å². The highest BCUT2D eigenvalue weighted by Gasteiger charge is 2.38. The Morgan fingerprint density at radius 3 is 2.86 bits per heavy atom. The zero-order valence-corrected chi connectivity index (χ0v) is 13.6. The van der Waals surface area contributed by atoms with Crippen LogP contribution in [-0.2, 0) is 4.74 Å². The van der Waals surface area contributed by atoms with E-state index >= 15 is 0 Å². The van der Waals surface area contributed by atoms with E-state index in [1.165, 1.54) is 43.4 Å². The molecule has 1 saturated heterocycles. The van der Waals surface area contributed by atoms with E-state index in [-0.39, 0.29) is 5.60 Å². The van der Waals surface area contributed by atoms with E-state index < -0.39 is 0 Å². The molecule has 1 heterocycles. The van der Waals surface area contributed by atoms with Crippen LogP contribution < -0.4 is 10.5 Å². The van der Waals surface area contributed by atoms with Gasteiger partial charge in [-0.3, -0.25) is 0 Å². The largest absolute Gasteiger partial charge is 0.496 e. The molecular weight excluding hydrogens is 282 g/mol. The monoisotopic (exact) mass is 307 g/mol. The number of thioether (sulfide) groups is 1. The Hall–Kier alpha value is -0.870. The van der Waals surface area contributed by atoms with Crippen LogP contribution in [0.4, 0.5) is 5.69 Å². The lowest BCUT2D eigenvalue weighted by Crippen LogP contribution is -2.42. The first-order chi connectivity index (χ1) is 10.2. The lowest BCUT2D eigenvalue weighted by molar-refractivity contribution is -0.0971. The minimum absolute atomic E-state index is 0.162. The van der Waals surface area contributed by atoms with Gasteiger partial charge in [0, 0.05) is 28.5 Å². The van der Waals surface area contributed by atoms with E-state index in [2.05, 4.69) is 6.07 Å². The summed E-state index contributed by atoms with van der Waals surface area (Å²) in [6.07, 6.45) is 8.79. The summed E-state index contributed by atoms with van der Waals surface area (Å²) in [5, 5.41) is 0.620. The van der Waals surface area contributed by atoms with Crippen LogP contribution in [0.5, 0.6) is 5.75 Å². The number of methoxy groups -OCH3 is 1. The predicted molar refractivity (Wildman–Crippen MR) is 88.1 cm³/mol. The van der Waals surface area contributed by atoms with Crippen LogP contribution >= 0.6 is 11.8 Å². The average molecular weight is 307 g/mol. The summed E-state index contributed by atoms with van der Waals surface area (Å²) in [6.45, 7) is 0.898. The second kappa shape index (κ2) is 6.49. The van der Waals surface area contributed by atoms with Gasteiger partial charge in [0.05, 0.1) is 12.7 Å². The summed E-state index contributed by atoms with van der Waals surface area (Å²) in [6, 6.07) is 5.96. The van der Waals surface area contributed by atoms with Crippen molar-refractivity contribution in [2.24, 2.45) is 0 Å². The highest BCUT2D eigenvalue weighted by molar-refractivity contribution is 8.00. The molecule has 1 aliphatic carbocycles. The van der Waals surface area contributed by atoms with Gasteiger partial charge >= 0.3 is 0 Å². The lowest BCUT2D eigenvalue weighted by Gasteiger charge is -2.43. The van der Waals surface area contributed by atoms with Crippen molar-refractivity contribution < 1.29 is 9.47 Å². The number of hydrogen-bond donors (Lipinski definition) is 1. The van der Waals surface area contributed by atoms with Crippen LogP contribution in [0.1, 0.15) is 44.9 Å². The van der Waals surface area contributed by atoms with E-state index in [1.54, 1.807) is 7.11 Å². The average Bonchev–Trinajstić information content (AvgIpc) is 2.50. The standard InChI is InChI=1S/C17H25NO2S/c1-19-15-11-13(18)5-6-16(15)21-14-7-10-20-17(12-14)8-3-2-4-9-17/h5-6,11,14H,2-4,7-10,12,18H2,1H3. The molecule has 21 heavy (non-hydrogen) atoms. The molecule has 1 unspecified atom stereocenters. The first-order valence-electron chi connectivity index (χ1n) is 7.95. The molecule has 0 bridgehead atoms. The van der Waals surface area contributed by atoms with Crippen LogP contribution in [0.15, 0.2) is 23.1 Å². The number of nitrogen functional groups attached to an aromatic ring is 1. The summed E-state index contributed by atoms with van der Waals surface area (Å²) in [7, 11) is 1.71. The number of rotatable bonds is 3. The molecule has 3 rings (SSSR count). The predicted octanol–water partition coefficient (Wildman–Crippen LogP) is 4.25. The van der Waals surface area contributed by atoms with Gasteiger partial charge in [0.25, 0.3) is 0 Å². The minimum atomic E-state index is 0.162. The third-order valence-electron chi connectivity index (χ3n) is 4.69. The van der Waals surface area contributed by atoms with Gasteiger partial charge in [-0.15, -0.1) is 11.8 Å². The van der Waals surface area contributed by atoms with Crippen molar-refractivity contribution in [1.29, 1.82) is 0 Å². The molecule has 2 fully saturated rings. The maximum absolute atomic E-state index is 6.19. The SMILES string of the molecule is COc1cc(N)ccc1SC1CCOC2(CCCCC2)C1. The van der Waals surface area contributed by atoms with E-state index in [9.17, 15) is 0 Å². The molecule has 1 aliphatic heterocycles. The van der Waals surface area contributed by atoms with Gasteiger partial charge in [-0.2, -0.15) is 0 Å². The molecule has 4 heteroatoms.